The monoisotopic (exact) mass is 273 g/mol. The van der Waals surface area contributed by atoms with E-state index in [1.165, 1.54) is 13.2 Å². The molecule has 1 aromatic heterocycles. The third-order valence-electron chi connectivity index (χ3n) is 1.77. The van der Waals surface area contributed by atoms with Crippen molar-refractivity contribution in [1.82, 2.24) is 9.97 Å². The molecule has 0 aliphatic carbocycles. The van der Waals surface area contributed by atoms with Gasteiger partial charge in [0.2, 0.25) is 11.8 Å². The maximum atomic E-state index is 11.6. The zero-order chi connectivity index (χ0) is 13.8. The van der Waals surface area contributed by atoms with Crippen molar-refractivity contribution >= 4 is 23.5 Å². The Bertz CT molecular complexity index is 432. The maximum Gasteiger partial charge on any atom is 0.252 e. The van der Waals surface area contributed by atoms with Gasteiger partial charge in [-0.3, -0.25) is 10.1 Å². The van der Waals surface area contributed by atoms with Crippen LogP contribution in [0.2, 0.25) is 5.15 Å². The van der Waals surface area contributed by atoms with Crippen molar-refractivity contribution < 1.29 is 14.3 Å². The lowest BCUT2D eigenvalue weighted by atomic mass is 10.2. The summed E-state index contributed by atoms with van der Waals surface area (Å²) in [7, 11) is 1.45. The second-order valence-electron chi connectivity index (χ2n) is 4.51. The molecule has 0 radical (unpaired) electrons. The fraction of sp³-hybridized carbons (Fsp3) is 0.545. The van der Waals surface area contributed by atoms with Gasteiger partial charge in [0.25, 0.3) is 5.91 Å². The highest BCUT2D eigenvalue weighted by Gasteiger charge is 2.14. The molecule has 0 bridgehead atoms. The lowest BCUT2D eigenvalue weighted by molar-refractivity contribution is -0.125. The Morgan fingerprint density at radius 1 is 1.44 bits per heavy atom. The number of carbonyl (C=O) groups excluding carboxylic acids is 1. The molecule has 6 nitrogen and oxygen atoms in total. The lowest BCUT2D eigenvalue weighted by Crippen LogP contribution is -2.27. The summed E-state index contributed by atoms with van der Waals surface area (Å²) in [4.78, 5) is 19.4. The van der Waals surface area contributed by atoms with Gasteiger partial charge in [-0.15, -0.1) is 0 Å². The average Bonchev–Trinajstić information content (AvgIpc) is 2.24. The Morgan fingerprint density at radius 2 is 2.11 bits per heavy atom. The van der Waals surface area contributed by atoms with E-state index in [1.807, 2.05) is 20.8 Å². The first-order valence-electron chi connectivity index (χ1n) is 5.32. The van der Waals surface area contributed by atoms with E-state index in [4.69, 9.17) is 21.1 Å². The highest BCUT2D eigenvalue weighted by atomic mass is 35.5. The third kappa shape index (κ3) is 5.29. The molecule has 100 valence electrons. The van der Waals surface area contributed by atoms with Gasteiger partial charge in [0.1, 0.15) is 11.8 Å². The highest BCUT2D eigenvalue weighted by molar-refractivity contribution is 6.29. The van der Waals surface area contributed by atoms with Gasteiger partial charge < -0.3 is 9.47 Å². The summed E-state index contributed by atoms with van der Waals surface area (Å²) in [5.74, 6) is 0.0122. The van der Waals surface area contributed by atoms with E-state index in [-0.39, 0.29) is 35.1 Å². The van der Waals surface area contributed by atoms with Gasteiger partial charge in [0, 0.05) is 6.07 Å². The predicted octanol–water partition coefficient (Wildman–Crippen LogP) is 1.89. The Morgan fingerprint density at radius 3 is 2.67 bits per heavy atom. The van der Waals surface area contributed by atoms with Gasteiger partial charge in [0.15, 0.2) is 0 Å². The summed E-state index contributed by atoms with van der Waals surface area (Å²) in [6.45, 7) is 5.50. The largest absolute Gasteiger partial charge is 0.481 e. The first-order valence-corrected chi connectivity index (χ1v) is 5.70. The molecule has 7 heteroatoms. The van der Waals surface area contributed by atoms with E-state index >= 15 is 0 Å². The van der Waals surface area contributed by atoms with Crippen LogP contribution in [0.3, 0.4) is 0 Å². The molecule has 0 atom stereocenters. The molecular weight excluding hydrogens is 258 g/mol. The Labute approximate surface area is 111 Å². The zero-order valence-electron chi connectivity index (χ0n) is 10.8. The zero-order valence-corrected chi connectivity index (χ0v) is 11.5. The number of methoxy groups -OCH3 is 1. The fourth-order valence-electron chi connectivity index (χ4n) is 1.00. The molecule has 1 rings (SSSR count). The summed E-state index contributed by atoms with van der Waals surface area (Å²) in [5.41, 5.74) is -0.385. The summed E-state index contributed by atoms with van der Waals surface area (Å²) in [5, 5.41) is 2.67. The second-order valence-corrected chi connectivity index (χ2v) is 4.89. The van der Waals surface area contributed by atoms with E-state index in [1.54, 1.807) is 0 Å². The first kappa shape index (κ1) is 14.7. The predicted molar refractivity (Wildman–Crippen MR) is 67.9 cm³/mol. The first-order chi connectivity index (χ1) is 8.30. The van der Waals surface area contributed by atoms with Crippen molar-refractivity contribution in [1.29, 1.82) is 0 Å². The summed E-state index contributed by atoms with van der Waals surface area (Å²) in [6, 6.07) is 1.45. The number of carbonyl (C=O) groups is 1. The molecule has 1 heterocycles. The molecule has 0 unspecified atom stereocenters. The van der Waals surface area contributed by atoms with E-state index in [0.717, 1.165) is 0 Å². The Kier molecular flexibility index (Phi) is 4.86. The maximum absolute atomic E-state index is 11.6. The van der Waals surface area contributed by atoms with Crippen molar-refractivity contribution in [2.45, 2.75) is 26.4 Å². The molecule has 0 aliphatic rings. The van der Waals surface area contributed by atoms with Crippen LogP contribution >= 0.6 is 11.6 Å². The summed E-state index contributed by atoms with van der Waals surface area (Å²) >= 11 is 5.75. The van der Waals surface area contributed by atoms with Crippen LogP contribution in [0.5, 0.6) is 5.88 Å². The van der Waals surface area contributed by atoms with Crippen LogP contribution in [0.25, 0.3) is 0 Å². The van der Waals surface area contributed by atoms with Crippen molar-refractivity contribution in [3.63, 3.8) is 0 Å². The van der Waals surface area contributed by atoms with Crippen molar-refractivity contribution in [2.75, 3.05) is 19.0 Å². The van der Waals surface area contributed by atoms with Crippen molar-refractivity contribution in [3.05, 3.63) is 11.2 Å². The summed E-state index contributed by atoms with van der Waals surface area (Å²) < 4.78 is 10.2. The number of aromatic nitrogens is 2. The number of rotatable bonds is 4. The van der Waals surface area contributed by atoms with Gasteiger partial charge in [-0.2, -0.15) is 4.98 Å². The van der Waals surface area contributed by atoms with Crippen LogP contribution < -0.4 is 10.1 Å². The summed E-state index contributed by atoms with van der Waals surface area (Å²) in [6.07, 6.45) is 0. The molecule has 1 N–H and O–H groups in total. The quantitative estimate of drug-likeness (QED) is 0.848. The standard InChI is InChI=1S/C11H16ClN3O3/c1-11(2,3)18-6-8(16)14-10-13-7(12)5-9(15-10)17-4/h5H,6H2,1-4H3,(H,13,14,15,16). The van der Waals surface area contributed by atoms with Gasteiger partial charge in [0.05, 0.1) is 12.7 Å². The highest BCUT2D eigenvalue weighted by Crippen LogP contribution is 2.15. The van der Waals surface area contributed by atoms with Crippen molar-refractivity contribution in [2.24, 2.45) is 0 Å². The minimum absolute atomic E-state index is 0.0817. The van der Waals surface area contributed by atoms with Gasteiger partial charge >= 0.3 is 0 Å². The smallest absolute Gasteiger partial charge is 0.252 e. The SMILES string of the molecule is COc1cc(Cl)nc(NC(=O)COC(C)(C)C)n1. The molecule has 0 aromatic carbocycles. The molecule has 0 saturated heterocycles. The number of ether oxygens (including phenoxy) is 2. The van der Waals surface area contributed by atoms with Crippen LogP contribution in [0.15, 0.2) is 6.07 Å². The topological polar surface area (TPSA) is 73.3 Å². The Balaban J connectivity index is 2.61. The Hall–Kier alpha value is -1.40. The van der Waals surface area contributed by atoms with Crippen LogP contribution in [0.4, 0.5) is 5.95 Å². The average molecular weight is 274 g/mol. The van der Waals surface area contributed by atoms with E-state index in [0.29, 0.717) is 0 Å². The lowest BCUT2D eigenvalue weighted by Gasteiger charge is -2.18. The molecule has 0 spiro atoms. The van der Waals surface area contributed by atoms with E-state index < -0.39 is 0 Å². The van der Waals surface area contributed by atoms with Crippen LogP contribution in [-0.4, -0.2) is 35.2 Å². The number of amides is 1. The minimum atomic E-state index is -0.385. The van der Waals surface area contributed by atoms with Gasteiger partial charge in [-0.1, -0.05) is 11.6 Å². The molecule has 1 aromatic rings. The molecular formula is C11H16ClN3O3. The second kappa shape index (κ2) is 5.97. The molecule has 0 fully saturated rings. The van der Waals surface area contributed by atoms with Crippen LogP contribution in [0, 0.1) is 0 Å². The normalized spacial score (nSPS) is 11.2. The number of hydrogen-bond donors (Lipinski definition) is 1. The van der Waals surface area contributed by atoms with Gasteiger partial charge in [-0.25, -0.2) is 4.98 Å². The number of halogens is 1. The molecule has 0 aliphatic heterocycles. The number of anilines is 1. The fourth-order valence-corrected chi connectivity index (χ4v) is 1.17. The number of nitrogens with one attached hydrogen (secondary N) is 1. The van der Waals surface area contributed by atoms with Crippen LogP contribution in [-0.2, 0) is 9.53 Å². The molecule has 1 amide bonds. The van der Waals surface area contributed by atoms with E-state index in [9.17, 15) is 4.79 Å². The van der Waals surface area contributed by atoms with E-state index in [2.05, 4.69) is 15.3 Å². The molecule has 0 saturated carbocycles. The molecule has 18 heavy (non-hydrogen) atoms. The van der Waals surface area contributed by atoms with Gasteiger partial charge in [-0.05, 0) is 20.8 Å². The minimum Gasteiger partial charge on any atom is -0.481 e. The van der Waals surface area contributed by atoms with Crippen molar-refractivity contribution in [3.8, 4) is 5.88 Å². The third-order valence-corrected chi connectivity index (χ3v) is 1.96. The number of nitrogens with zero attached hydrogens (tertiary/aromatic N) is 2. The number of hydrogen-bond acceptors (Lipinski definition) is 5. The van der Waals surface area contributed by atoms with Crippen LogP contribution in [0.1, 0.15) is 20.8 Å².